The Balaban J connectivity index is 1.83. The number of rotatable bonds is 11. The van der Waals surface area contributed by atoms with Crippen LogP contribution in [0.1, 0.15) is 44.9 Å². The number of hydrogen-bond acceptors (Lipinski definition) is 5. The van der Waals surface area contributed by atoms with Crippen LogP contribution >= 0.6 is 34.5 Å². The van der Waals surface area contributed by atoms with Gasteiger partial charge < -0.3 is 10.2 Å². The van der Waals surface area contributed by atoms with Gasteiger partial charge in [0, 0.05) is 11.4 Å². The monoisotopic (exact) mass is 464 g/mol. The summed E-state index contributed by atoms with van der Waals surface area (Å²) >= 11 is 14.2. The highest BCUT2D eigenvalue weighted by Gasteiger charge is 2.15. The van der Waals surface area contributed by atoms with Gasteiger partial charge in [-0.1, -0.05) is 50.4 Å². The lowest BCUT2D eigenvalue weighted by Crippen LogP contribution is -2.24. The average molecular weight is 465 g/mol. The quantitative estimate of drug-likeness (QED) is 0.305. The molecule has 2 aromatic heterocycles. The predicted molar refractivity (Wildman–Crippen MR) is 132 cm³/mol. The number of anilines is 1. The van der Waals surface area contributed by atoms with Crippen LogP contribution in [0.25, 0.3) is 21.6 Å². The van der Waals surface area contributed by atoms with Crippen LogP contribution in [0, 0.1) is 0 Å². The predicted octanol–water partition coefficient (Wildman–Crippen LogP) is 7.15. The van der Waals surface area contributed by atoms with Crippen molar-refractivity contribution in [1.82, 2.24) is 14.9 Å². The maximum absolute atomic E-state index is 6.22. The Morgan fingerprint density at radius 3 is 2.33 bits per heavy atom. The minimum atomic E-state index is 0.498. The van der Waals surface area contributed by atoms with Crippen molar-refractivity contribution in [3.63, 3.8) is 0 Å². The first-order chi connectivity index (χ1) is 14.5. The molecule has 30 heavy (non-hydrogen) atoms. The third-order valence-electron chi connectivity index (χ3n) is 5.19. The first-order valence-electron chi connectivity index (χ1n) is 10.8. The van der Waals surface area contributed by atoms with E-state index in [2.05, 4.69) is 43.1 Å². The molecule has 7 heteroatoms. The fourth-order valence-electron chi connectivity index (χ4n) is 3.44. The molecule has 0 aliphatic carbocycles. The number of benzene rings is 1. The molecule has 0 atom stereocenters. The number of nitrogens with one attached hydrogen (secondary N) is 1. The molecule has 0 amide bonds. The number of nitrogens with zero attached hydrogens (tertiary/aromatic N) is 3. The molecule has 0 spiro atoms. The minimum absolute atomic E-state index is 0.498. The lowest BCUT2D eigenvalue weighted by atomic mass is 10.2. The molecule has 2 heterocycles. The van der Waals surface area contributed by atoms with Gasteiger partial charge in [-0.25, -0.2) is 9.97 Å². The van der Waals surface area contributed by atoms with Gasteiger partial charge in [-0.15, -0.1) is 11.3 Å². The van der Waals surface area contributed by atoms with Crippen LogP contribution in [0.3, 0.4) is 0 Å². The van der Waals surface area contributed by atoms with Gasteiger partial charge in [-0.3, -0.25) is 0 Å². The van der Waals surface area contributed by atoms with E-state index in [9.17, 15) is 0 Å². The third-order valence-corrected chi connectivity index (χ3v) is 7.06. The van der Waals surface area contributed by atoms with Crippen LogP contribution in [0.15, 0.2) is 24.3 Å². The second kappa shape index (κ2) is 11.3. The van der Waals surface area contributed by atoms with Crippen molar-refractivity contribution < 1.29 is 0 Å². The summed E-state index contributed by atoms with van der Waals surface area (Å²) in [6, 6.07) is 7.93. The number of halogens is 2. The minimum Gasteiger partial charge on any atom is -0.368 e. The number of hydrogen-bond donors (Lipinski definition) is 1. The molecule has 0 fully saturated rings. The van der Waals surface area contributed by atoms with E-state index < -0.39 is 0 Å². The summed E-state index contributed by atoms with van der Waals surface area (Å²) in [6.45, 7) is 10.8. The van der Waals surface area contributed by atoms with Crippen LogP contribution in [0.2, 0.25) is 10.0 Å². The fourth-order valence-corrected chi connectivity index (χ4v) is 4.86. The molecule has 0 unspecified atom stereocenters. The van der Waals surface area contributed by atoms with Gasteiger partial charge in [0.2, 0.25) is 0 Å². The lowest BCUT2D eigenvalue weighted by molar-refractivity contribution is 0.298. The molecular formula is C23H30Cl2N4S. The SMILES string of the molecule is CCCc1ccc(-c2nc3cc(Cl)c(Cl)cc3nc2NCCCCN(CC)CC)s1. The number of fused-ring (bicyclic) bond motifs is 1. The molecule has 3 aromatic rings. The van der Waals surface area contributed by atoms with Gasteiger partial charge in [0.1, 0.15) is 5.69 Å². The summed E-state index contributed by atoms with van der Waals surface area (Å²) in [5, 5.41) is 4.52. The normalized spacial score (nSPS) is 11.5. The summed E-state index contributed by atoms with van der Waals surface area (Å²) in [7, 11) is 0. The highest BCUT2D eigenvalue weighted by molar-refractivity contribution is 7.15. The van der Waals surface area contributed by atoms with Gasteiger partial charge in [-0.2, -0.15) is 0 Å². The molecule has 0 aliphatic heterocycles. The zero-order chi connectivity index (χ0) is 21.5. The Kier molecular flexibility index (Phi) is 8.75. The van der Waals surface area contributed by atoms with E-state index in [1.807, 2.05) is 0 Å². The lowest BCUT2D eigenvalue weighted by Gasteiger charge is -2.17. The van der Waals surface area contributed by atoms with E-state index in [0.29, 0.717) is 10.0 Å². The highest BCUT2D eigenvalue weighted by atomic mass is 35.5. The smallest absolute Gasteiger partial charge is 0.154 e. The summed E-state index contributed by atoms with van der Waals surface area (Å²) < 4.78 is 0. The summed E-state index contributed by atoms with van der Waals surface area (Å²) in [5.41, 5.74) is 2.40. The van der Waals surface area contributed by atoms with Crippen molar-refractivity contribution in [3.8, 4) is 10.6 Å². The molecule has 0 aliphatic rings. The maximum atomic E-state index is 6.22. The van der Waals surface area contributed by atoms with E-state index in [-0.39, 0.29) is 0 Å². The molecule has 0 radical (unpaired) electrons. The molecule has 0 saturated heterocycles. The topological polar surface area (TPSA) is 41.1 Å². The highest BCUT2D eigenvalue weighted by Crippen LogP contribution is 2.35. The van der Waals surface area contributed by atoms with Crippen molar-refractivity contribution in [2.24, 2.45) is 0 Å². The van der Waals surface area contributed by atoms with E-state index in [4.69, 9.17) is 33.2 Å². The molecule has 3 rings (SSSR count). The Hall–Kier alpha value is -1.40. The maximum Gasteiger partial charge on any atom is 0.154 e. The fraction of sp³-hybridized carbons (Fsp3) is 0.478. The molecule has 162 valence electrons. The Morgan fingerprint density at radius 2 is 1.67 bits per heavy atom. The van der Waals surface area contributed by atoms with E-state index in [1.165, 1.54) is 4.88 Å². The second-order valence-corrected chi connectivity index (χ2v) is 9.34. The van der Waals surface area contributed by atoms with Gasteiger partial charge in [0.15, 0.2) is 5.82 Å². The summed E-state index contributed by atoms with van der Waals surface area (Å²) in [6.07, 6.45) is 4.46. The molecule has 0 saturated carbocycles. The molecule has 1 N–H and O–H groups in total. The van der Waals surface area contributed by atoms with E-state index >= 15 is 0 Å². The average Bonchev–Trinajstić information content (AvgIpc) is 3.20. The van der Waals surface area contributed by atoms with Crippen molar-refractivity contribution in [2.75, 3.05) is 31.5 Å². The summed E-state index contributed by atoms with van der Waals surface area (Å²) in [4.78, 5) is 14.7. The Labute approximate surface area is 193 Å². The standard InChI is InChI=1S/C23H30Cl2N4S/c1-4-9-16-10-11-21(30-16)22-23(26-12-7-8-13-29(5-2)6-3)28-20-15-18(25)17(24)14-19(20)27-22/h10-11,14-15H,4-9,12-13H2,1-3H3,(H,26,28). The summed E-state index contributed by atoms with van der Waals surface area (Å²) in [5.74, 6) is 0.814. The van der Waals surface area contributed by atoms with Crippen LogP contribution in [0.5, 0.6) is 0 Å². The van der Waals surface area contributed by atoms with Gasteiger partial charge >= 0.3 is 0 Å². The van der Waals surface area contributed by atoms with E-state index in [0.717, 1.165) is 79.3 Å². The number of thiophene rings is 1. The number of unbranched alkanes of at least 4 members (excludes halogenated alkanes) is 1. The molecule has 1 aromatic carbocycles. The van der Waals surface area contributed by atoms with Gasteiger partial charge in [-0.05, 0) is 63.2 Å². The second-order valence-electron chi connectivity index (χ2n) is 7.35. The Bertz CT molecular complexity index is 969. The van der Waals surface area contributed by atoms with Crippen molar-refractivity contribution in [1.29, 1.82) is 0 Å². The van der Waals surface area contributed by atoms with Crippen LogP contribution < -0.4 is 5.32 Å². The van der Waals surface area contributed by atoms with Gasteiger partial charge in [0.25, 0.3) is 0 Å². The first kappa shape index (κ1) is 23.3. The van der Waals surface area contributed by atoms with Crippen molar-refractivity contribution in [2.45, 2.75) is 46.5 Å². The first-order valence-corrected chi connectivity index (χ1v) is 12.3. The van der Waals surface area contributed by atoms with Crippen LogP contribution in [-0.4, -0.2) is 41.0 Å². The largest absolute Gasteiger partial charge is 0.368 e. The van der Waals surface area contributed by atoms with Crippen LogP contribution in [0.4, 0.5) is 5.82 Å². The zero-order valence-corrected chi connectivity index (χ0v) is 20.3. The van der Waals surface area contributed by atoms with E-state index in [1.54, 1.807) is 23.5 Å². The van der Waals surface area contributed by atoms with Crippen molar-refractivity contribution in [3.05, 3.63) is 39.2 Å². The number of aromatic nitrogens is 2. The number of aryl methyl sites for hydroxylation is 1. The third kappa shape index (κ3) is 5.85. The molecule has 0 bridgehead atoms. The van der Waals surface area contributed by atoms with Crippen LogP contribution in [-0.2, 0) is 6.42 Å². The van der Waals surface area contributed by atoms with Gasteiger partial charge in [0.05, 0.1) is 26.0 Å². The zero-order valence-electron chi connectivity index (χ0n) is 18.0. The van der Waals surface area contributed by atoms with Crippen molar-refractivity contribution >= 4 is 51.4 Å². The Morgan fingerprint density at radius 1 is 0.967 bits per heavy atom. The molecular weight excluding hydrogens is 435 g/mol. The molecule has 4 nitrogen and oxygen atoms in total.